The van der Waals surface area contributed by atoms with E-state index in [-0.39, 0.29) is 22.9 Å². The molecule has 1 aliphatic carbocycles. The molecule has 0 radical (unpaired) electrons. The standard InChI is InChI=1S/C28H32O2/c1-18(30-19(2)29)20-7-8-22-16-23(10-9-21(22)15-20)24-11-12-25-26(17-24)28(5,6)14-13-27(25,3)4/h7-12,15-18H,13-14H2,1-6H3. The van der Waals surface area contributed by atoms with Gasteiger partial charge in [0.1, 0.15) is 6.10 Å². The highest BCUT2D eigenvalue weighted by atomic mass is 16.5. The second kappa shape index (κ2) is 7.27. The first kappa shape index (κ1) is 20.7. The summed E-state index contributed by atoms with van der Waals surface area (Å²) in [5.41, 5.74) is 6.96. The highest BCUT2D eigenvalue weighted by molar-refractivity contribution is 5.88. The molecule has 2 heteroatoms. The fourth-order valence-corrected chi connectivity index (χ4v) is 4.78. The number of hydrogen-bond donors (Lipinski definition) is 0. The summed E-state index contributed by atoms with van der Waals surface area (Å²) in [5.74, 6) is -0.253. The lowest BCUT2D eigenvalue weighted by atomic mass is 9.63. The van der Waals surface area contributed by atoms with Crippen LogP contribution in [0.5, 0.6) is 0 Å². The van der Waals surface area contributed by atoms with Gasteiger partial charge in [-0.3, -0.25) is 4.79 Å². The molecule has 0 fully saturated rings. The van der Waals surface area contributed by atoms with Crippen molar-refractivity contribution in [3.63, 3.8) is 0 Å². The van der Waals surface area contributed by atoms with E-state index in [1.165, 1.54) is 47.4 Å². The number of ether oxygens (including phenoxy) is 1. The highest BCUT2D eigenvalue weighted by Crippen LogP contribution is 2.46. The molecule has 0 N–H and O–H groups in total. The Morgan fingerprint density at radius 1 is 0.800 bits per heavy atom. The van der Waals surface area contributed by atoms with Crippen molar-refractivity contribution >= 4 is 16.7 Å². The number of rotatable bonds is 3. The Morgan fingerprint density at radius 3 is 2.07 bits per heavy atom. The van der Waals surface area contributed by atoms with Gasteiger partial charge in [-0.05, 0) is 81.3 Å². The summed E-state index contributed by atoms with van der Waals surface area (Å²) in [6.07, 6.45) is 2.21. The third-order valence-electron chi connectivity index (χ3n) is 6.86. The Labute approximate surface area is 180 Å². The smallest absolute Gasteiger partial charge is 0.303 e. The average molecular weight is 401 g/mol. The van der Waals surface area contributed by atoms with E-state index in [9.17, 15) is 4.79 Å². The molecule has 3 aromatic carbocycles. The van der Waals surface area contributed by atoms with Crippen LogP contribution < -0.4 is 0 Å². The first-order valence-electron chi connectivity index (χ1n) is 10.9. The fourth-order valence-electron chi connectivity index (χ4n) is 4.78. The largest absolute Gasteiger partial charge is 0.458 e. The molecule has 0 spiro atoms. The maximum absolute atomic E-state index is 11.3. The quantitative estimate of drug-likeness (QED) is 0.426. The molecule has 3 aromatic rings. The summed E-state index contributed by atoms with van der Waals surface area (Å²) in [6.45, 7) is 12.8. The van der Waals surface area contributed by atoms with E-state index in [2.05, 4.69) is 82.3 Å². The Kier molecular flexibility index (Phi) is 5.00. The Bertz CT molecular complexity index is 1120. The van der Waals surface area contributed by atoms with Gasteiger partial charge < -0.3 is 4.74 Å². The minimum Gasteiger partial charge on any atom is -0.458 e. The van der Waals surface area contributed by atoms with Gasteiger partial charge in [0.25, 0.3) is 0 Å². The monoisotopic (exact) mass is 400 g/mol. The lowest BCUT2D eigenvalue weighted by Gasteiger charge is -2.42. The summed E-state index contributed by atoms with van der Waals surface area (Å²) in [4.78, 5) is 11.3. The maximum Gasteiger partial charge on any atom is 0.303 e. The van der Waals surface area contributed by atoms with E-state index in [1.54, 1.807) is 0 Å². The van der Waals surface area contributed by atoms with Gasteiger partial charge in [-0.1, -0.05) is 70.2 Å². The number of carbonyl (C=O) groups is 1. The molecule has 0 saturated heterocycles. The van der Waals surface area contributed by atoms with Gasteiger partial charge in [-0.15, -0.1) is 0 Å². The number of benzene rings is 3. The SMILES string of the molecule is CC(=O)OC(C)c1ccc2cc(-c3ccc4c(c3)C(C)(C)CCC4(C)C)ccc2c1. The van der Waals surface area contributed by atoms with Crippen LogP contribution in [0.25, 0.3) is 21.9 Å². The van der Waals surface area contributed by atoms with Crippen molar-refractivity contribution in [2.75, 3.05) is 0 Å². The van der Waals surface area contributed by atoms with Crippen LogP contribution in [0.1, 0.15) is 77.2 Å². The second-order valence-electron chi connectivity index (χ2n) is 10.1. The third-order valence-corrected chi connectivity index (χ3v) is 6.86. The van der Waals surface area contributed by atoms with E-state index in [4.69, 9.17) is 4.74 Å². The van der Waals surface area contributed by atoms with Gasteiger partial charge in [0.2, 0.25) is 0 Å². The molecule has 30 heavy (non-hydrogen) atoms. The Balaban J connectivity index is 1.73. The second-order valence-corrected chi connectivity index (χ2v) is 10.1. The summed E-state index contributed by atoms with van der Waals surface area (Å²) in [6, 6.07) is 20.0. The van der Waals surface area contributed by atoms with Crippen LogP contribution in [0.4, 0.5) is 0 Å². The molecule has 156 valence electrons. The summed E-state index contributed by atoms with van der Waals surface area (Å²) in [5, 5.41) is 2.36. The normalized spacial score (nSPS) is 17.9. The van der Waals surface area contributed by atoms with Crippen LogP contribution in [0.3, 0.4) is 0 Å². The molecular weight excluding hydrogens is 368 g/mol. The summed E-state index contributed by atoms with van der Waals surface area (Å²) in [7, 11) is 0. The summed E-state index contributed by atoms with van der Waals surface area (Å²) >= 11 is 0. The fraction of sp³-hybridized carbons (Fsp3) is 0.393. The van der Waals surface area contributed by atoms with Crippen molar-refractivity contribution in [2.24, 2.45) is 0 Å². The maximum atomic E-state index is 11.3. The van der Waals surface area contributed by atoms with Crippen molar-refractivity contribution < 1.29 is 9.53 Å². The minimum atomic E-state index is -0.253. The molecular formula is C28H32O2. The molecule has 4 rings (SSSR count). The predicted molar refractivity (Wildman–Crippen MR) is 125 cm³/mol. The Morgan fingerprint density at radius 2 is 1.37 bits per heavy atom. The molecule has 1 atom stereocenters. The van der Waals surface area contributed by atoms with E-state index in [1.807, 2.05) is 6.92 Å². The molecule has 1 unspecified atom stereocenters. The number of esters is 1. The van der Waals surface area contributed by atoms with Gasteiger partial charge in [0, 0.05) is 6.92 Å². The van der Waals surface area contributed by atoms with Crippen molar-refractivity contribution in [1.29, 1.82) is 0 Å². The van der Waals surface area contributed by atoms with Crippen molar-refractivity contribution in [2.45, 2.75) is 71.3 Å². The molecule has 2 nitrogen and oxygen atoms in total. The number of hydrogen-bond acceptors (Lipinski definition) is 2. The number of fused-ring (bicyclic) bond motifs is 2. The summed E-state index contributed by atoms with van der Waals surface area (Å²) < 4.78 is 5.33. The van der Waals surface area contributed by atoms with Crippen LogP contribution in [-0.2, 0) is 20.4 Å². The van der Waals surface area contributed by atoms with Crippen molar-refractivity contribution in [3.8, 4) is 11.1 Å². The molecule has 0 amide bonds. The lowest BCUT2D eigenvalue weighted by molar-refractivity contribution is -0.145. The van der Waals surface area contributed by atoms with E-state index in [0.29, 0.717) is 0 Å². The third kappa shape index (κ3) is 3.76. The highest BCUT2D eigenvalue weighted by Gasteiger charge is 2.36. The van der Waals surface area contributed by atoms with Crippen LogP contribution in [0.2, 0.25) is 0 Å². The predicted octanol–water partition coefficient (Wildman–Crippen LogP) is 7.48. The van der Waals surface area contributed by atoms with Gasteiger partial charge >= 0.3 is 5.97 Å². The van der Waals surface area contributed by atoms with Gasteiger partial charge in [-0.2, -0.15) is 0 Å². The van der Waals surface area contributed by atoms with Crippen LogP contribution in [0.15, 0.2) is 54.6 Å². The number of carbonyl (C=O) groups excluding carboxylic acids is 1. The molecule has 0 bridgehead atoms. The van der Waals surface area contributed by atoms with E-state index >= 15 is 0 Å². The Hall–Kier alpha value is -2.61. The van der Waals surface area contributed by atoms with E-state index in [0.717, 1.165) is 10.9 Å². The van der Waals surface area contributed by atoms with Crippen molar-refractivity contribution in [3.05, 3.63) is 71.3 Å². The molecule has 0 aliphatic heterocycles. The van der Waals surface area contributed by atoms with Gasteiger partial charge in [-0.25, -0.2) is 0 Å². The molecule has 0 saturated carbocycles. The molecule has 0 heterocycles. The first-order chi connectivity index (χ1) is 14.1. The zero-order valence-electron chi connectivity index (χ0n) is 19.0. The zero-order valence-corrected chi connectivity index (χ0v) is 19.0. The molecule has 1 aliphatic rings. The van der Waals surface area contributed by atoms with Gasteiger partial charge in [0.15, 0.2) is 0 Å². The van der Waals surface area contributed by atoms with Crippen LogP contribution in [-0.4, -0.2) is 5.97 Å². The van der Waals surface area contributed by atoms with Crippen molar-refractivity contribution in [1.82, 2.24) is 0 Å². The topological polar surface area (TPSA) is 26.3 Å². The minimum absolute atomic E-state index is 0.208. The first-order valence-corrected chi connectivity index (χ1v) is 10.9. The van der Waals surface area contributed by atoms with E-state index < -0.39 is 0 Å². The average Bonchev–Trinajstić information content (AvgIpc) is 2.70. The van der Waals surface area contributed by atoms with Crippen LogP contribution >= 0.6 is 0 Å². The zero-order chi connectivity index (χ0) is 21.7. The van der Waals surface area contributed by atoms with Gasteiger partial charge in [0.05, 0.1) is 0 Å². The lowest BCUT2D eigenvalue weighted by Crippen LogP contribution is -2.33. The molecule has 0 aromatic heterocycles. The van der Waals surface area contributed by atoms with Crippen LogP contribution in [0, 0.1) is 0 Å².